The Morgan fingerprint density at radius 2 is 1.74 bits per heavy atom. The Morgan fingerprint density at radius 1 is 0.971 bits per heavy atom. The standard InChI is InChI=1S/C27H30Cl2N2O3S/c1-3-34-15-7-14-30(27(33)24-13-11-22(28)16-25(24)29)19-26(32)31(17-21-8-5-4-6-9-21)18-23-12-10-20(2)35-23/h4-6,8-13,16H,3,7,14-15,17-19H2,1-2H3. The van der Waals surface area contributed by atoms with Crippen LogP contribution in [0.15, 0.2) is 60.7 Å². The van der Waals surface area contributed by atoms with E-state index in [-0.39, 0.29) is 23.4 Å². The van der Waals surface area contributed by atoms with E-state index in [1.54, 1.807) is 33.3 Å². The van der Waals surface area contributed by atoms with Crippen molar-refractivity contribution in [1.82, 2.24) is 9.80 Å². The molecule has 0 aliphatic heterocycles. The number of ether oxygens (including phenoxy) is 1. The number of carbonyl (C=O) groups is 2. The fourth-order valence-corrected chi connectivity index (χ4v) is 5.04. The molecule has 35 heavy (non-hydrogen) atoms. The fourth-order valence-electron chi connectivity index (χ4n) is 3.65. The molecule has 0 aliphatic carbocycles. The van der Waals surface area contributed by atoms with Crippen LogP contribution in [0.1, 0.15) is 39.0 Å². The van der Waals surface area contributed by atoms with Gasteiger partial charge in [0.25, 0.3) is 5.91 Å². The molecule has 3 rings (SSSR count). The van der Waals surface area contributed by atoms with Crippen LogP contribution in [0.4, 0.5) is 0 Å². The van der Waals surface area contributed by atoms with Crippen molar-refractivity contribution < 1.29 is 14.3 Å². The SMILES string of the molecule is CCOCCCN(CC(=O)N(Cc1ccccc1)Cc1ccc(C)s1)C(=O)c1ccc(Cl)cc1Cl. The predicted molar refractivity (Wildman–Crippen MR) is 143 cm³/mol. The molecule has 0 saturated carbocycles. The minimum atomic E-state index is -0.303. The van der Waals surface area contributed by atoms with Gasteiger partial charge in [-0.25, -0.2) is 0 Å². The predicted octanol–water partition coefficient (Wildman–Crippen LogP) is 6.46. The fraction of sp³-hybridized carbons (Fsp3) is 0.333. The van der Waals surface area contributed by atoms with E-state index in [9.17, 15) is 9.59 Å². The van der Waals surface area contributed by atoms with Gasteiger partial charge in [-0.3, -0.25) is 9.59 Å². The molecule has 186 valence electrons. The van der Waals surface area contributed by atoms with E-state index in [0.717, 1.165) is 10.4 Å². The van der Waals surface area contributed by atoms with Crippen LogP contribution in [0.3, 0.4) is 0 Å². The van der Waals surface area contributed by atoms with Crippen LogP contribution in [0, 0.1) is 6.92 Å². The van der Waals surface area contributed by atoms with Gasteiger partial charge in [-0.1, -0.05) is 53.5 Å². The second-order valence-electron chi connectivity index (χ2n) is 8.15. The first-order valence-electron chi connectivity index (χ1n) is 11.6. The maximum atomic E-state index is 13.6. The number of carbonyl (C=O) groups excluding carboxylic acids is 2. The average Bonchev–Trinajstić information content (AvgIpc) is 3.25. The highest BCUT2D eigenvalue weighted by atomic mass is 35.5. The molecule has 0 radical (unpaired) electrons. The molecule has 1 heterocycles. The number of aryl methyl sites for hydroxylation is 1. The maximum Gasteiger partial charge on any atom is 0.255 e. The van der Waals surface area contributed by atoms with Crippen molar-refractivity contribution in [3.63, 3.8) is 0 Å². The molecular weight excluding hydrogens is 503 g/mol. The highest BCUT2D eigenvalue weighted by molar-refractivity contribution is 7.11. The van der Waals surface area contributed by atoms with Crippen LogP contribution >= 0.6 is 34.5 Å². The number of amides is 2. The molecule has 2 amide bonds. The zero-order valence-corrected chi connectivity index (χ0v) is 22.3. The molecule has 3 aromatic rings. The van der Waals surface area contributed by atoms with Crippen molar-refractivity contribution in [1.29, 1.82) is 0 Å². The number of nitrogens with zero attached hydrogens (tertiary/aromatic N) is 2. The number of benzene rings is 2. The molecule has 0 aliphatic rings. The van der Waals surface area contributed by atoms with E-state index in [1.165, 1.54) is 10.9 Å². The third-order valence-electron chi connectivity index (χ3n) is 5.41. The number of hydrogen-bond acceptors (Lipinski definition) is 4. The third kappa shape index (κ3) is 8.36. The van der Waals surface area contributed by atoms with Gasteiger partial charge in [-0.05, 0) is 56.2 Å². The van der Waals surface area contributed by atoms with Crippen molar-refractivity contribution in [3.8, 4) is 0 Å². The summed E-state index contributed by atoms with van der Waals surface area (Å²) in [6.45, 7) is 6.34. The summed E-state index contributed by atoms with van der Waals surface area (Å²) in [5.74, 6) is -0.433. The molecule has 5 nitrogen and oxygen atoms in total. The number of thiophene rings is 1. The molecular formula is C27H30Cl2N2O3S. The summed E-state index contributed by atoms with van der Waals surface area (Å²) in [4.78, 5) is 32.6. The van der Waals surface area contributed by atoms with Crippen LogP contribution in [-0.2, 0) is 22.6 Å². The Balaban J connectivity index is 1.81. The van der Waals surface area contributed by atoms with Gasteiger partial charge in [0.1, 0.15) is 6.54 Å². The molecule has 0 saturated heterocycles. The van der Waals surface area contributed by atoms with E-state index in [2.05, 4.69) is 6.07 Å². The lowest BCUT2D eigenvalue weighted by molar-refractivity contribution is -0.133. The smallest absolute Gasteiger partial charge is 0.255 e. The molecule has 1 aromatic heterocycles. The first-order chi connectivity index (χ1) is 16.9. The van der Waals surface area contributed by atoms with Crippen LogP contribution in [0.5, 0.6) is 0 Å². The van der Waals surface area contributed by atoms with Crippen LogP contribution < -0.4 is 0 Å². The van der Waals surface area contributed by atoms with Gasteiger partial charge in [0, 0.05) is 41.1 Å². The molecule has 0 fully saturated rings. The summed E-state index contributed by atoms with van der Waals surface area (Å²) in [6, 6.07) is 18.7. The second kappa shape index (κ2) is 13.6. The molecule has 0 N–H and O–H groups in total. The van der Waals surface area contributed by atoms with Crippen LogP contribution in [-0.4, -0.2) is 47.9 Å². The minimum absolute atomic E-state index is 0.0545. The lowest BCUT2D eigenvalue weighted by atomic mass is 10.1. The quantitative estimate of drug-likeness (QED) is 0.251. The lowest BCUT2D eigenvalue weighted by Crippen LogP contribution is -2.43. The molecule has 0 unspecified atom stereocenters. The summed E-state index contributed by atoms with van der Waals surface area (Å²) < 4.78 is 5.45. The van der Waals surface area contributed by atoms with Gasteiger partial charge >= 0.3 is 0 Å². The highest BCUT2D eigenvalue weighted by Crippen LogP contribution is 2.23. The zero-order valence-electron chi connectivity index (χ0n) is 20.0. The first-order valence-corrected chi connectivity index (χ1v) is 13.1. The van der Waals surface area contributed by atoms with Gasteiger partial charge < -0.3 is 14.5 Å². The summed E-state index contributed by atoms with van der Waals surface area (Å²) in [6.07, 6.45) is 0.612. The topological polar surface area (TPSA) is 49.9 Å². The van der Waals surface area contributed by atoms with Gasteiger partial charge in [-0.15, -0.1) is 11.3 Å². The third-order valence-corrected chi connectivity index (χ3v) is 6.94. The Kier molecular flexibility index (Phi) is 10.6. The van der Waals surface area contributed by atoms with Gasteiger partial charge in [0.15, 0.2) is 0 Å². The van der Waals surface area contributed by atoms with E-state index < -0.39 is 0 Å². The molecule has 2 aromatic carbocycles. The van der Waals surface area contributed by atoms with E-state index in [1.807, 2.05) is 50.2 Å². The zero-order chi connectivity index (χ0) is 25.2. The Morgan fingerprint density at radius 3 is 2.40 bits per heavy atom. The normalized spacial score (nSPS) is 10.9. The van der Waals surface area contributed by atoms with E-state index in [0.29, 0.717) is 49.9 Å². The number of rotatable bonds is 12. The van der Waals surface area contributed by atoms with Gasteiger partial charge in [0.2, 0.25) is 5.91 Å². The average molecular weight is 534 g/mol. The first kappa shape index (κ1) is 27.2. The van der Waals surface area contributed by atoms with Gasteiger partial charge in [0.05, 0.1) is 17.1 Å². The monoisotopic (exact) mass is 532 g/mol. The highest BCUT2D eigenvalue weighted by Gasteiger charge is 2.24. The summed E-state index contributed by atoms with van der Waals surface area (Å²) in [7, 11) is 0. The molecule has 0 spiro atoms. The lowest BCUT2D eigenvalue weighted by Gasteiger charge is -2.28. The molecule has 0 atom stereocenters. The van der Waals surface area contributed by atoms with Crippen molar-refractivity contribution in [2.75, 3.05) is 26.3 Å². The van der Waals surface area contributed by atoms with Crippen molar-refractivity contribution in [2.24, 2.45) is 0 Å². The number of hydrogen-bond donors (Lipinski definition) is 0. The Labute approximate surface area is 221 Å². The van der Waals surface area contributed by atoms with Crippen molar-refractivity contribution >= 4 is 46.4 Å². The summed E-state index contributed by atoms with van der Waals surface area (Å²) in [5.41, 5.74) is 1.35. The Bertz CT molecular complexity index is 1120. The van der Waals surface area contributed by atoms with Gasteiger partial charge in [-0.2, -0.15) is 0 Å². The second-order valence-corrected chi connectivity index (χ2v) is 10.4. The molecule has 0 bridgehead atoms. The van der Waals surface area contributed by atoms with Crippen LogP contribution in [0.2, 0.25) is 10.0 Å². The van der Waals surface area contributed by atoms with Crippen molar-refractivity contribution in [3.05, 3.63) is 91.6 Å². The molecule has 8 heteroatoms. The van der Waals surface area contributed by atoms with E-state index >= 15 is 0 Å². The van der Waals surface area contributed by atoms with Crippen molar-refractivity contribution in [2.45, 2.75) is 33.4 Å². The number of halogens is 2. The maximum absolute atomic E-state index is 13.6. The summed E-state index contributed by atoms with van der Waals surface area (Å²) >= 11 is 14.0. The van der Waals surface area contributed by atoms with Crippen LogP contribution in [0.25, 0.3) is 0 Å². The van der Waals surface area contributed by atoms with E-state index in [4.69, 9.17) is 27.9 Å². The Hall–Kier alpha value is -2.38. The summed E-state index contributed by atoms with van der Waals surface area (Å²) in [5, 5.41) is 0.714. The largest absolute Gasteiger partial charge is 0.382 e. The minimum Gasteiger partial charge on any atom is -0.382 e.